The van der Waals surface area contributed by atoms with Gasteiger partial charge in [-0.3, -0.25) is 9.36 Å². The second-order valence-corrected chi connectivity index (χ2v) is 8.03. The lowest BCUT2D eigenvalue weighted by Gasteiger charge is -2.05. The molecule has 0 radical (unpaired) electrons. The van der Waals surface area contributed by atoms with Gasteiger partial charge >= 0.3 is 5.69 Å². The molecule has 0 spiro atoms. The van der Waals surface area contributed by atoms with Crippen molar-refractivity contribution < 1.29 is 4.79 Å². The van der Waals surface area contributed by atoms with E-state index in [2.05, 4.69) is 26.3 Å². The highest BCUT2D eigenvalue weighted by atomic mass is 79.9. The summed E-state index contributed by atoms with van der Waals surface area (Å²) in [4.78, 5) is 25.9. The SMILES string of the molecule is O=C(NCCn1nc(-c2cccs2)n(C2CC2)c1=O)c1ccc(Br)cc1. The van der Waals surface area contributed by atoms with Gasteiger partial charge in [-0.2, -0.15) is 0 Å². The van der Waals surface area contributed by atoms with E-state index in [1.165, 1.54) is 4.68 Å². The van der Waals surface area contributed by atoms with E-state index in [4.69, 9.17) is 0 Å². The van der Waals surface area contributed by atoms with Gasteiger partial charge in [-0.05, 0) is 48.6 Å². The highest BCUT2D eigenvalue weighted by molar-refractivity contribution is 9.10. The van der Waals surface area contributed by atoms with Crippen LogP contribution in [-0.2, 0) is 6.54 Å². The summed E-state index contributed by atoms with van der Waals surface area (Å²) in [5.74, 6) is 0.567. The average Bonchev–Trinajstić information content (AvgIpc) is 3.21. The minimum atomic E-state index is -0.161. The minimum Gasteiger partial charge on any atom is -0.350 e. The number of halogens is 1. The third kappa shape index (κ3) is 3.52. The summed E-state index contributed by atoms with van der Waals surface area (Å²) in [6, 6.07) is 11.3. The van der Waals surface area contributed by atoms with Crippen LogP contribution in [0.2, 0.25) is 0 Å². The highest BCUT2D eigenvalue weighted by Gasteiger charge is 2.30. The summed E-state index contributed by atoms with van der Waals surface area (Å²) in [7, 11) is 0. The lowest BCUT2D eigenvalue weighted by atomic mass is 10.2. The van der Waals surface area contributed by atoms with E-state index < -0.39 is 0 Å². The molecule has 1 aliphatic carbocycles. The summed E-state index contributed by atoms with van der Waals surface area (Å²) in [6.07, 6.45) is 2.04. The van der Waals surface area contributed by atoms with Crippen LogP contribution in [0.3, 0.4) is 0 Å². The van der Waals surface area contributed by atoms with Crippen molar-refractivity contribution >= 4 is 33.2 Å². The van der Waals surface area contributed by atoms with Crippen LogP contribution >= 0.6 is 27.3 Å². The van der Waals surface area contributed by atoms with Crippen LogP contribution in [-0.4, -0.2) is 26.8 Å². The maximum atomic E-state index is 12.7. The summed E-state index contributed by atoms with van der Waals surface area (Å²) in [5, 5.41) is 9.34. The molecule has 1 aromatic carbocycles. The molecule has 1 saturated carbocycles. The zero-order valence-corrected chi connectivity index (χ0v) is 16.3. The molecule has 0 saturated heterocycles. The van der Waals surface area contributed by atoms with E-state index in [0.29, 0.717) is 18.7 Å². The van der Waals surface area contributed by atoms with E-state index in [1.54, 1.807) is 28.0 Å². The topological polar surface area (TPSA) is 68.9 Å². The Hall–Kier alpha value is -2.19. The normalized spacial score (nSPS) is 13.7. The Labute approximate surface area is 162 Å². The molecule has 0 bridgehead atoms. The Morgan fingerprint density at radius 1 is 1.27 bits per heavy atom. The average molecular weight is 433 g/mol. The molecule has 1 N–H and O–H groups in total. The van der Waals surface area contributed by atoms with Gasteiger partial charge in [0.2, 0.25) is 0 Å². The zero-order valence-electron chi connectivity index (χ0n) is 13.9. The Kier molecular flexibility index (Phi) is 4.78. The van der Waals surface area contributed by atoms with Gasteiger partial charge in [-0.25, -0.2) is 9.48 Å². The number of rotatable bonds is 6. The molecule has 1 amide bonds. The first kappa shape index (κ1) is 17.2. The maximum Gasteiger partial charge on any atom is 0.346 e. The quantitative estimate of drug-likeness (QED) is 0.649. The fraction of sp³-hybridized carbons (Fsp3) is 0.278. The molecule has 2 aromatic heterocycles. The highest BCUT2D eigenvalue weighted by Crippen LogP contribution is 2.37. The second-order valence-electron chi connectivity index (χ2n) is 6.17. The second kappa shape index (κ2) is 7.20. The van der Waals surface area contributed by atoms with E-state index >= 15 is 0 Å². The molecule has 1 aliphatic rings. The van der Waals surface area contributed by atoms with Gasteiger partial charge in [0.05, 0.1) is 11.4 Å². The Morgan fingerprint density at radius 3 is 2.69 bits per heavy atom. The van der Waals surface area contributed by atoms with E-state index in [9.17, 15) is 9.59 Å². The van der Waals surface area contributed by atoms with Crippen molar-refractivity contribution in [3.63, 3.8) is 0 Å². The molecular formula is C18H17BrN4O2S. The van der Waals surface area contributed by atoms with Gasteiger partial charge in [0, 0.05) is 22.6 Å². The Bertz CT molecular complexity index is 972. The standard InChI is InChI=1S/C18H17BrN4O2S/c19-13-5-3-12(4-6-13)17(24)20-9-10-22-18(25)23(14-7-8-14)16(21-22)15-2-1-11-26-15/h1-6,11,14H,7-10H2,(H,20,24). The first-order valence-electron chi connectivity index (χ1n) is 8.40. The smallest absolute Gasteiger partial charge is 0.346 e. The van der Waals surface area contributed by atoms with Crippen LogP contribution in [0.1, 0.15) is 29.2 Å². The van der Waals surface area contributed by atoms with Crippen molar-refractivity contribution in [2.45, 2.75) is 25.4 Å². The first-order chi connectivity index (χ1) is 12.6. The number of hydrogen-bond acceptors (Lipinski definition) is 4. The molecule has 0 unspecified atom stereocenters. The van der Waals surface area contributed by atoms with Crippen molar-refractivity contribution in [2.24, 2.45) is 0 Å². The molecule has 8 heteroatoms. The first-order valence-corrected chi connectivity index (χ1v) is 10.1. The van der Waals surface area contributed by atoms with Crippen LogP contribution in [0.5, 0.6) is 0 Å². The van der Waals surface area contributed by atoms with Crippen LogP contribution in [0.25, 0.3) is 10.7 Å². The third-order valence-corrected chi connectivity index (χ3v) is 5.63. The molecule has 2 heterocycles. The summed E-state index contributed by atoms with van der Waals surface area (Å²) >= 11 is 4.92. The van der Waals surface area contributed by atoms with Crippen LogP contribution in [0.4, 0.5) is 0 Å². The van der Waals surface area contributed by atoms with Gasteiger partial charge in [0.15, 0.2) is 5.82 Å². The number of nitrogens with zero attached hydrogens (tertiary/aromatic N) is 3. The van der Waals surface area contributed by atoms with Crippen LogP contribution in [0.15, 0.2) is 51.0 Å². The number of benzene rings is 1. The van der Waals surface area contributed by atoms with Gasteiger partial charge < -0.3 is 5.32 Å². The monoisotopic (exact) mass is 432 g/mol. The molecule has 4 rings (SSSR count). The molecule has 134 valence electrons. The van der Waals surface area contributed by atoms with Crippen molar-refractivity contribution in [2.75, 3.05) is 6.54 Å². The number of nitrogens with one attached hydrogen (secondary N) is 1. The van der Waals surface area contributed by atoms with E-state index in [-0.39, 0.29) is 17.6 Å². The predicted octanol–water partition coefficient (Wildman–Crippen LogP) is 3.30. The molecule has 3 aromatic rings. The van der Waals surface area contributed by atoms with E-state index in [1.807, 2.05) is 29.6 Å². The Balaban J connectivity index is 1.47. The van der Waals surface area contributed by atoms with Crippen LogP contribution < -0.4 is 11.0 Å². The number of carbonyl (C=O) groups excluding carboxylic acids is 1. The Morgan fingerprint density at radius 2 is 2.04 bits per heavy atom. The fourth-order valence-corrected chi connectivity index (χ4v) is 3.75. The van der Waals surface area contributed by atoms with E-state index in [0.717, 1.165) is 28.0 Å². The van der Waals surface area contributed by atoms with Crippen molar-refractivity contribution in [1.82, 2.24) is 19.7 Å². The number of hydrogen-bond donors (Lipinski definition) is 1. The van der Waals surface area contributed by atoms with Crippen molar-refractivity contribution in [3.05, 3.63) is 62.3 Å². The number of aromatic nitrogens is 3. The molecule has 0 aliphatic heterocycles. The lowest BCUT2D eigenvalue weighted by molar-refractivity contribution is 0.0951. The molecule has 1 fully saturated rings. The fourth-order valence-electron chi connectivity index (χ4n) is 2.78. The molecular weight excluding hydrogens is 416 g/mol. The van der Waals surface area contributed by atoms with Crippen molar-refractivity contribution in [1.29, 1.82) is 0 Å². The predicted molar refractivity (Wildman–Crippen MR) is 105 cm³/mol. The van der Waals surface area contributed by atoms with Gasteiger partial charge in [0.25, 0.3) is 5.91 Å². The number of thiophene rings is 1. The van der Waals surface area contributed by atoms with Crippen LogP contribution in [0, 0.1) is 0 Å². The zero-order chi connectivity index (χ0) is 18.1. The molecule has 0 atom stereocenters. The van der Waals surface area contributed by atoms with Crippen molar-refractivity contribution in [3.8, 4) is 10.7 Å². The van der Waals surface area contributed by atoms with Gasteiger partial charge in [-0.1, -0.05) is 22.0 Å². The third-order valence-electron chi connectivity index (χ3n) is 4.24. The molecule has 6 nitrogen and oxygen atoms in total. The maximum absolute atomic E-state index is 12.7. The summed E-state index contributed by atoms with van der Waals surface area (Å²) in [5.41, 5.74) is 0.483. The minimum absolute atomic E-state index is 0.103. The summed E-state index contributed by atoms with van der Waals surface area (Å²) < 4.78 is 4.17. The summed E-state index contributed by atoms with van der Waals surface area (Å²) in [6.45, 7) is 0.694. The number of amides is 1. The van der Waals surface area contributed by atoms with Gasteiger partial charge in [-0.15, -0.1) is 16.4 Å². The lowest BCUT2D eigenvalue weighted by Crippen LogP contribution is -2.32. The largest absolute Gasteiger partial charge is 0.350 e. The number of carbonyl (C=O) groups is 1. The molecule has 26 heavy (non-hydrogen) atoms. The van der Waals surface area contributed by atoms with Gasteiger partial charge in [0.1, 0.15) is 0 Å².